The minimum absolute atomic E-state index is 0.249. The van der Waals surface area contributed by atoms with Crippen LogP contribution in [0.15, 0.2) is 78.5 Å². The SMILES string of the molecule is COc1ccccc1NC1=C(c2ccc(C)cc2)C(=O)N(CCc2ccc(Cl)cc2)C1=O. The summed E-state index contributed by atoms with van der Waals surface area (Å²) in [5, 5.41) is 3.81. The van der Waals surface area contributed by atoms with Crippen LogP contribution < -0.4 is 10.1 Å². The van der Waals surface area contributed by atoms with E-state index in [1.54, 1.807) is 25.3 Å². The molecule has 4 rings (SSSR count). The molecule has 0 unspecified atom stereocenters. The Balaban J connectivity index is 1.67. The summed E-state index contributed by atoms with van der Waals surface area (Å²) in [4.78, 5) is 28.0. The van der Waals surface area contributed by atoms with E-state index in [0.717, 1.165) is 11.1 Å². The highest BCUT2D eigenvalue weighted by atomic mass is 35.5. The van der Waals surface area contributed by atoms with Gasteiger partial charge in [0.25, 0.3) is 11.8 Å². The van der Waals surface area contributed by atoms with Gasteiger partial charge >= 0.3 is 0 Å². The molecule has 0 saturated heterocycles. The van der Waals surface area contributed by atoms with Gasteiger partial charge in [-0.25, -0.2) is 0 Å². The lowest BCUT2D eigenvalue weighted by atomic mass is 10.0. The van der Waals surface area contributed by atoms with Crippen molar-refractivity contribution in [1.82, 2.24) is 4.90 Å². The van der Waals surface area contributed by atoms with E-state index in [0.29, 0.717) is 34.0 Å². The van der Waals surface area contributed by atoms with Gasteiger partial charge in [0, 0.05) is 11.6 Å². The molecule has 0 spiro atoms. The van der Waals surface area contributed by atoms with Gasteiger partial charge in [0.05, 0.1) is 18.4 Å². The van der Waals surface area contributed by atoms with E-state index < -0.39 is 0 Å². The Bertz CT molecular complexity index is 1180. The van der Waals surface area contributed by atoms with E-state index in [1.165, 1.54) is 4.90 Å². The quantitative estimate of drug-likeness (QED) is 0.513. The Morgan fingerprint density at radius 3 is 2.28 bits per heavy atom. The topological polar surface area (TPSA) is 58.6 Å². The van der Waals surface area contributed by atoms with Crippen molar-refractivity contribution in [3.05, 3.63) is 100 Å². The molecule has 0 radical (unpaired) electrons. The second-order valence-electron chi connectivity index (χ2n) is 7.58. The molecule has 0 atom stereocenters. The molecule has 6 heteroatoms. The summed E-state index contributed by atoms with van der Waals surface area (Å²) in [6.45, 7) is 2.25. The van der Waals surface area contributed by atoms with Crippen molar-refractivity contribution >= 4 is 34.7 Å². The third kappa shape index (κ3) is 4.39. The van der Waals surface area contributed by atoms with Crippen LogP contribution in [0.25, 0.3) is 5.57 Å². The number of rotatable bonds is 7. The first kappa shape index (κ1) is 21.7. The average Bonchev–Trinajstić information content (AvgIpc) is 3.03. The number of methoxy groups -OCH3 is 1. The molecule has 1 heterocycles. The van der Waals surface area contributed by atoms with Crippen LogP contribution in [-0.2, 0) is 16.0 Å². The molecule has 162 valence electrons. The number of amides is 2. The Morgan fingerprint density at radius 1 is 0.906 bits per heavy atom. The summed E-state index contributed by atoms with van der Waals surface area (Å²) in [5.74, 6) is -0.0845. The van der Waals surface area contributed by atoms with Gasteiger partial charge in [0.15, 0.2) is 0 Å². The van der Waals surface area contributed by atoms with Crippen LogP contribution in [0, 0.1) is 6.92 Å². The number of aryl methyl sites for hydroxylation is 1. The van der Waals surface area contributed by atoms with E-state index >= 15 is 0 Å². The lowest BCUT2D eigenvalue weighted by Crippen LogP contribution is -2.34. The normalized spacial score (nSPS) is 13.7. The van der Waals surface area contributed by atoms with Crippen molar-refractivity contribution < 1.29 is 14.3 Å². The van der Waals surface area contributed by atoms with Gasteiger partial charge in [-0.15, -0.1) is 0 Å². The van der Waals surface area contributed by atoms with E-state index in [1.807, 2.05) is 61.5 Å². The van der Waals surface area contributed by atoms with Crippen LogP contribution in [0.3, 0.4) is 0 Å². The number of nitrogens with zero attached hydrogens (tertiary/aromatic N) is 1. The number of benzene rings is 3. The maximum Gasteiger partial charge on any atom is 0.278 e. The van der Waals surface area contributed by atoms with E-state index in [4.69, 9.17) is 16.3 Å². The van der Waals surface area contributed by atoms with Crippen LogP contribution in [0.2, 0.25) is 5.02 Å². The first-order valence-electron chi connectivity index (χ1n) is 10.3. The summed E-state index contributed by atoms with van der Waals surface area (Å²) in [5.41, 5.74) is 4.00. The molecule has 2 amide bonds. The Hall–Kier alpha value is -3.57. The molecule has 0 aromatic heterocycles. The summed E-state index contributed by atoms with van der Waals surface area (Å²) < 4.78 is 5.41. The molecule has 0 fully saturated rings. The fourth-order valence-electron chi connectivity index (χ4n) is 3.66. The number of nitrogens with one attached hydrogen (secondary N) is 1. The number of carbonyl (C=O) groups excluding carboxylic acids is 2. The molecular formula is C26H23ClN2O3. The monoisotopic (exact) mass is 446 g/mol. The molecule has 3 aromatic carbocycles. The second-order valence-corrected chi connectivity index (χ2v) is 8.02. The van der Waals surface area contributed by atoms with Gasteiger partial charge in [-0.1, -0.05) is 65.7 Å². The maximum atomic E-state index is 13.4. The lowest BCUT2D eigenvalue weighted by molar-refractivity contribution is -0.136. The predicted molar refractivity (Wildman–Crippen MR) is 127 cm³/mol. The number of anilines is 1. The Morgan fingerprint density at radius 2 is 1.59 bits per heavy atom. The molecule has 1 aliphatic heterocycles. The summed E-state index contributed by atoms with van der Waals surface area (Å²) in [7, 11) is 1.57. The second kappa shape index (κ2) is 9.28. The molecule has 1 aliphatic rings. The zero-order chi connectivity index (χ0) is 22.7. The molecule has 3 aromatic rings. The molecule has 5 nitrogen and oxygen atoms in total. The largest absolute Gasteiger partial charge is 0.495 e. The Labute approximate surface area is 192 Å². The average molecular weight is 447 g/mol. The third-order valence-electron chi connectivity index (χ3n) is 5.41. The van der Waals surface area contributed by atoms with Crippen molar-refractivity contribution in [3.63, 3.8) is 0 Å². The minimum Gasteiger partial charge on any atom is -0.495 e. The Kier molecular flexibility index (Phi) is 6.28. The van der Waals surface area contributed by atoms with Crippen LogP contribution in [0.4, 0.5) is 5.69 Å². The summed E-state index contributed by atoms with van der Waals surface area (Å²) in [6, 6.07) is 22.3. The molecule has 0 bridgehead atoms. The number of para-hydroxylation sites is 2. The van der Waals surface area contributed by atoms with Crippen LogP contribution in [-0.4, -0.2) is 30.4 Å². The molecule has 1 N–H and O–H groups in total. The highest BCUT2D eigenvalue weighted by Crippen LogP contribution is 2.33. The highest BCUT2D eigenvalue weighted by molar-refractivity contribution is 6.36. The lowest BCUT2D eigenvalue weighted by Gasteiger charge is -2.16. The zero-order valence-corrected chi connectivity index (χ0v) is 18.6. The smallest absolute Gasteiger partial charge is 0.278 e. The minimum atomic E-state index is -0.356. The van der Waals surface area contributed by atoms with E-state index in [9.17, 15) is 9.59 Å². The van der Waals surface area contributed by atoms with Crippen molar-refractivity contribution in [1.29, 1.82) is 0 Å². The van der Waals surface area contributed by atoms with Gasteiger partial charge in [-0.3, -0.25) is 14.5 Å². The molecular weight excluding hydrogens is 424 g/mol. The van der Waals surface area contributed by atoms with Gasteiger partial charge in [0.1, 0.15) is 11.4 Å². The predicted octanol–water partition coefficient (Wildman–Crippen LogP) is 5.09. The standard InChI is InChI=1S/C26H23ClN2O3/c1-17-7-11-19(12-8-17)23-24(28-21-5-3-4-6-22(21)32-2)26(31)29(25(23)30)16-15-18-9-13-20(27)14-10-18/h3-14,28H,15-16H2,1-2H3. The van der Waals surface area contributed by atoms with Crippen molar-refractivity contribution in [2.75, 3.05) is 19.0 Å². The zero-order valence-electron chi connectivity index (χ0n) is 17.9. The van der Waals surface area contributed by atoms with E-state index in [-0.39, 0.29) is 24.1 Å². The molecule has 32 heavy (non-hydrogen) atoms. The van der Waals surface area contributed by atoms with Crippen LogP contribution in [0.5, 0.6) is 5.75 Å². The number of hydrogen-bond donors (Lipinski definition) is 1. The van der Waals surface area contributed by atoms with Gasteiger partial charge < -0.3 is 10.1 Å². The van der Waals surface area contributed by atoms with Crippen molar-refractivity contribution in [2.24, 2.45) is 0 Å². The fourth-order valence-corrected chi connectivity index (χ4v) is 3.78. The molecule has 0 aliphatic carbocycles. The first-order chi connectivity index (χ1) is 15.5. The molecule has 0 saturated carbocycles. The van der Waals surface area contributed by atoms with Gasteiger partial charge in [-0.05, 0) is 48.7 Å². The van der Waals surface area contributed by atoms with Gasteiger partial charge in [-0.2, -0.15) is 0 Å². The van der Waals surface area contributed by atoms with Crippen molar-refractivity contribution in [2.45, 2.75) is 13.3 Å². The van der Waals surface area contributed by atoms with Gasteiger partial charge in [0.2, 0.25) is 0 Å². The summed E-state index contributed by atoms with van der Waals surface area (Å²) >= 11 is 5.96. The maximum absolute atomic E-state index is 13.4. The van der Waals surface area contributed by atoms with Crippen molar-refractivity contribution in [3.8, 4) is 5.75 Å². The number of carbonyl (C=O) groups is 2. The number of ether oxygens (including phenoxy) is 1. The summed E-state index contributed by atoms with van der Waals surface area (Å²) in [6.07, 6.45) is 0.539. The highest BCUT2D eigenvalue weighted by Gasteiger charge is 2.39. The number of halogens is 1. The first-order valence-corrected chi connectivity index (χ1v) is 10.7. The van der Waals surface area contributed by atoms with Crippen LogP contribution >= 0.6 is 11.6 Å². The number of imide groups is 1. The fraction of sp³-hybridized carbons (Fsp3) is 0.154. The third-order valence-corrected chi connectivity index (χ3v) is 5.66. The van der Waals surface area contributed by atoms with E-state index in [2.05, 4.69) is 5.32 Å². The van der Waals surface area contributed by atoms with Crippen LogP contribution in [0.1, 0.15) is 16.7 Å². The number of hydrogen-bond acceptors (Lipinski definition) is 4.